The molecule has 0 unspecified atom stereocenters. The molecular formula is C76H49NO. The molecule has 0 N–H and O–H groups in total. The highest BCUT2D eigenvalue weighted by Crippen LogP contribution is 2.65. The van der Waals surface area contributed by atoms with Gasteiger partial charge < -0.3 is 9.64 Å². The van der Waals surface area contributed by atoms with Crippen LogP contribution in [0.15, 0.2) is 297 Å². The topological polar surface area (TPSA) is 12.5 Å². The quantitative estimate of drug-likeness (QED) is 0.158. The zero-order valence-corrected chi connectivity index (χ0v) is 42.6. The molecule has 13 aromatic carbocycles. The Morgan fingerprint density at radius 3 is 1.40 bits per heavy atom. The average Bonchev–Trinajstić information content (AvgIpc) is 3.61. The smallest absolute Gasteiger partial charge is 0.140 e. The van der Waals surface area contributed by atoms with E-state index in [1.165, 1.54) is 61.2 Å². The number of para-hydroxylation sites is 1. The molecule has 0 atom stereocenters. The Hall–Kier alpha value is -10.0. The van der Waals surface area contributed by atoms with E-state index in [1.54, 1.807) is 0 Å². The lowest BCUT2D eigenvalue weighted by Gasteiger charge is -2.40. The Morgan fingerprint density at radius 2 is 0.744 bits per heavy atom. The molecule has 2 aliphatic carbocycles. The Bertz CT molecular complexity index is 4400. The van der Waals surface area contributed by atoms with E-state index in [9.17, 15) is 0 Å². The van der Waals surface area contributed by atoms with E-state index in [0.717, 1.165) is 77.9 Å². The summed E-state index contributed by atoms with van der Waals surface area (Å²) in [7, 11) is 0. The van der Waals surface area contributed by atoms with Gasteiger partial charge in [-0.1, -0.05) is 267 Å². The highest BCUT2D eigenvalue weighted by molar-refractivity contribution is 6.03. The first kappa shape index (κ1) is 44.3. The Balaban J connectivity index is 0.906. The van der Waals surface area contributed by atoms with E-state index in [-0.39, 0.29) is 0 Å². The summed E-state index contributed by atoms with van der Waals surface area (Å²) in [5.74, 6) is 1.84. The number of fused-ring (bicyclic) bond motifs is 16. The summed E-state index contributed by atoms with van der Waals surface area (Å²) in [5, 5.41) is 4.55. The molecule has 0 fully saturated rings. The highest BCUT2D eigenvalue weighted by atomic mass is 16.5. The van der Waals surface area contributed by atoms with Crippen molar-refractivity contribution in [3.63, 3.8) is 0 Å². The van der Waals surface area contributed by atoms with Crippen LogP contribution in [0.2, 0.25) is 0 Å². The summed E-state index contributed by atoms with van der Waals surface area (Å²) < 4.78 is 7.27. The summed E-state index contributed by atoms with van der Waals surface area (Å²) in [6, 6.07) is 110. The normalized spacial score (nSPS) is 13.7. The molecule has 0 saturated heterocycles. The SMILES string of the molecule is c1ccc(-c2ccccc2N(c2ccc(-c3cccc4c3-c3ccccc3C43c4ccc5ccccc5c4Oc4c3ccc3ccccc43)cc2)c2ccc3c(c2)C(c2ccccc2)(c2ccccc2)c2ccccc2-3)cc1. The van der Waals surface area contributed by atoms with Crippen molar-refractivity contribution in [2.75, 3.05) is 4.90 Å². The summed E-state index contributed by atoms with van der Waals surface area (Å²) in [5.41, 5.74) is 21.6. The fraction of sp³-hybridized carbons (Fsp3) is 0.0263. The van der Waals surface area contributed by atoms with Crippen molar-refractivity contribution in [2.24, 2.45) is 0 Å². The zero-order valence-electron chi connectivity index (χ0n) is 42.6. The van der Waals surface area contributed by atoms with Gasteiger partial charge in [-0.25, -0.2) is 0 Å². The molecule has 1 aliphatic heterocycles. The fourth-order valence-electron chi connectivity index (χ4n) is 14.0. The first-order valence-electron chi connectivity index (χ1n) is 27.1. The summed E-state index contributed by atoms with van der Waals surface area (Å²) in [6.45, 7) is 0. The van der Waals surface area contributed by atoms with Crippen LogP contribution >= 0.6 is 0 Å². The standard InChI is InChI=1S/C76H49NO/c1-4-21-50(22-5-1)58-29-16-19-38-71(58)77(57-45-46-63-62-32-14-17-35-65(62)75(70(63)49-57,54-25-6-2-7-26-54)55-27-8-3-9-28-55)56-43-39-53(40-44-56)59-34-20-37-67-72(59)64-33-15-18-36-66(64)76(67)68-47-41-51-23-10-12-30-60(51)73(68)78-74-61-31-13-11-24-52(61)42-48-69(74)76/h1-49H. The maximum Gasteiger partial charge on any atom is 0.140 e. The van der Waals surface area contributed by atoms with Crippen LogP contribution in [-0.4, -0.2) is 0 Å². The van der Waals surface area contributed by atoms with Crippen LogP contribution in [0.5, 0.6) is 11.5 Å². The Morgan fingerprint density at radius 1 is 0.269 bits per heavy atom. The molecule has 3 aliphatic rings. The van der Waals surface area contributed by atoms with Crippen molar-refractivity contribution in [1.29, 1.82) is 0 Å². The van der Waals surface area contributed by atoms with Crippen molar-refractivity contribution < 1.29 is 4.74 Å². The van der Waals surface area contributed by atoms with Crippen molar-refractivity contribution in [3.05, 3.63) is 342 Å². The van der Waals surface area contributed by atoms with Gasteiger partial charge in [0, 0.05) is 38.8 Å². The summed E-state index contributed by atoms with van der Waals surface area (Å²) >= 11 is 0. The molecule has 2 heteroatoms. The predicted octanol–water partition coefficient (Wildman–Crippen LogP) is 19.6. The van der Waals surface area contributed by atoms with Gasteiger partial charge in [0.05, 0.1) is 16.5 Å². The van der Waals surface area contributed by atoms with Crippen molar-refractivity contribution in [1.82, 2.24) is 0 Å². The molecule has 13 aromatic rings. The third kappa shape index (κ3) is 6.20. The van der Waals surface area contributed by atoms with E-state index >= 15 is 0 Å². The summed E-state index contributed by atoms with van der Waals surface area (Å²) in [6.07, 6.45) is 0. The van der Waals surface area contributed by atoms with Crippen LogP contribution in [0.25, 0.3) is 66.1 Å². The third-order valence-corrected chi connectivity index (χ3v) is 17.2. The minimum Gasteiger partial charge on any atom is -0.455 e. The van der Waals surface area contributed by atoms with Gasteiger partial charge in [-0.15, -0.1) is 0 Å². The number of anilines is 3. The van der Waals surface area contributed by atoms with Gasteiger partial charge in [0.1, 0.15) is 11.5 Å². The lowest BCUT2D eigenvalue weighted by Crippen LogP contribution is -2.32. The van der Waals surface area contributed by atoms with Crippen LogP contribution < -0.4 is 9.64 Å². The van der Waals surface area contributed by atoms with E-state index in [1.807, 2.05) is 0 Å². The lowest BCUT2D eigenvalue weighted by atomic mass is 9.65. The number of ether oxygens (including phenoxy) is 1. The van der Waals surface area contributed by atoms with Crippen molar-refractivity contribution in [2.45, 2.75) is 10.8 Å². The minimum atomic E-state index is -0.640. The zero-order chi connectivity index (χ0) is 51.4. The van der Waals surface area contributed by atoms with Gasteiger partial charge >= 0.3 is 0 Å². The number of nitrogens with zero attached hydrogens (tertiary/aromatic N) is 1. The average molecular weight is 992 g/mol. The maximum atomic E-state index is 7.27. The van der Waals surface area contributed by atoms with Crippen LogP contribution in [-0.2, 0) is 10.8 Å². The van der Waals surface area contributed by atoms with Crippen LogP contribution in [0, 0.1) is 0 Å². The van der Waals surface area contributed by atoms with Crippen LogP contribution in [0.4, 0.5) is 17.1 Å². The number of hydrogen-bond donors (Lipinski definition) is 0. The van der Waals surface area contributed by atoms with E-state index in [2.05, 4.69) is 302 Å². The van der Waals surface area contributed by atoms with Crippen molar-refractivity contribution in [3.8, 4) is 56.0 Å². The van der Waals surface area contributed by atoms with Gasteiger partial charge in [-0.3, -0.25) is 0 Å². The van der Waals surface area contributed by atoms with Crippen molar-refractivity contribution >= 4 is 38.6 Å². The fourth-order valence-corrected chi connectivity index (χ4v) is 14.0. The number of rotatable bonds is 7. The number of hydrogen-bond acceptors (Lipinski definition) is 2. The molecule has 0 saturated carbocycles. The van der Waals surface area contributed by atoms with E-state index in [0.29, 0.717) is 0 Å². The van der Waals surface area contributed by atoms with Crippen LogP contribution in [0.3, 0.4) is 0 Å². The predicted molar refractivity (Wildman–Crippen MR) is 322 cm³/mol. The Kier molecular flexibility index (Phi) is 9.80. The number of benzene rings is 13. The van der Waals surface area contributed by atoms with Gasteiger partial charge in [0.25, 0.3) is 0 Å². The second kappa shape index (κ2) is 17.3. The van der Waals surface area contributed by atoms with Gasteiger partial charge in [0.15, 0.2) is 0 Å². The molecule has 364 valence electrons. The molecule has 78 heavy (non-hydrogen) atoms. The van der Waals surface area contributed by atoms with E-state index in [4.69, 9.17) is 4.74 Å². The summed E-state index contributed by atoms with van der Waals surface area (Å²) in [4.78, 5) is 2.47. The molecular weight excluding hydrogens is 943 g/mol. The molecule has 16 rings (SSSR count). The van der Waals surface area contributed by atoms with Crippen LogP contribution in [0.1, 0.15) is 44.5 Å². The molecule has 0 amide bonds. The molecule has 1 spiro atoms. The largest absolute Gasteiger partial charge is 0.455 e. The molecule has 2 nitrogen and oxygen atoms in total. The molecule has 0 aromatic heterocycles. The van der Waals surface area contributed by atoms with E-state index < -0.39 is 10.8 Å². The molecule has 0 bridgehead atoms. The monoisotopic (exact) mass is 991 g/mol. The Labute approximate surface area is 454 Å². The third-order valence-electron chi connectivity index (χ3n) is 17.2. The second-order valence-electron chi connectivity index (χ2n) is 21.0. The first-order valence-corrected chi connectivity index (χ1v) is 27.1. The lowest BCUT2D eigenvalue weighted by molar-refractivity contribution is 0.447. The van der Waals surface area contributed by atoms with Gasteiger partial charge in [-0.05, 0) is 113 Å². The second-order valence-corrected chi connectivity index (χ2v) is 21.0. The highest BCUT2D eigenvalue weighted by Gasteiger charge is 2.52. The molecule has 0 radical (unpaired) electrons. The maximum absolute atomic E-state index is 7.27. The van der Waals surface area contributed by atoms with Gasteiger partial charge in [-0.2, -0.15) is 0 Å². The first-order chi connectivity index (χ1) is 38.7. The van der Waals surface area contributed by atoms with Gasteiger partial charge in [0.2, 0.25) is 0 Å². The minimum absolute atomic E-state index is 0.550. The molecule has 1 heterocycles.